The van der Waals surface area contributed by atoms with Crippen LogP contribution in [0.3, 0.4) is 0 Å². The molecular formula is C22H17NO4. The second-order valence-corrected chi connectivity index (χ2v) is 6.52. The van der Waals surface area contributed by atoms with Crippen LogP contribution in [-0.4, -0.2) is 12.2 Å². The van der Waals surface area contributed by atoms with Gasteiger partial charge in [-0.1, -0.05) is 36.4 Å². The van der Waals surface area contributed by atoms with Crippen LogP contribution < -0.4 is 10.4 Å². The fourth-order valence-electron chi connectivity index (χ4n) is 3.61. The number of aliphatic hydroxyl groups is 1. The fourth-order valence-corrected chi connectivity index (χ4v) is 3.61. The summed E-state index contributed by atoms with van der Waals surface area (Å²) in [7, 11) is 1.53. The number of hydrogen-bond acceptors (Lipinski definition) is 5. The minimum absolute atomic E-state index is 0.0212. The van der Waals surface area contributed by atoms with Crippen molar-refractivity contribution in [1.82, 2.24) is 0 Å². The third-order valence-corrected chi connectivity index (χ3v) is 5.02. The Hall–Kier alpha value is -3.36. The normalized spacial score (nSPS) is 18.1. The van der Waals surface area contributed by atoms with E-state index < -0.39 is 11.7 Å². The van der Waals surface area contributed by atoms with Crippen LogP contribution in [0.4, 0.5) is 0 Å². The smallest absolute Gasteiger partial charge is 0.354 e. The molecule has 5 heteroatoms. The largest absolute Gasteiger partial charge is 0.497 e. The maximum absolute atomic E-state index is 12.3. The molecule has 0 radical (unpaired) electrons. The van der Waals surface area contributed by atoms with Crippen LogP contribution in [0.5, 0.6) is 5.75 Å². The summed E-state index contributed by atoms with van der Waals surface area (Å²) < 4.78 is 10.5. The van der Waals surface area contributed by atoms with Gasteiger partial charge in [0.2, 0.25) is 0 Å². The molecule has 27 heavy (non-hydrogen) atoms. The first kappa shape index (κ1) is 17.1. The summed E-state index contributed by atoms with van der Waals surface area (Å²) in [5.74, 6) is 0.312. The van der Waals surface area contributed by atoms with Crippen LogP contribution >= 0.6 is 0 Å². The van der Waals surface area contributed by atoms with E-state index in [0.29, 0.717) is 28.7 Å². The molecule has 0 aliphatic heterocycles. The van der Waals surface area contributed by atoms with Gasteiger partial charge < -0.3 is 14.3 Å². The Balaban J connectivity index is 1.82. The molecule has 0 unspecified atom stereocenters. The van der Waals surface area contributed by atoms with Gasteiger partial charge in [0.15, 0.2) is 0 Å². The van der Waals surface area contributed by atoms with Crippen molar-refractivity contribution in [2.24, 2.45) is 5.92 Å². The molecule has 0 amide bonds. The Labute approximate surface area is 155 Å². The van der Waals surface area contributed by atoms with Crippen molar-refractivity contribution in [2.45, 2.75) is 12.5 Å². The fraction of sp³-hybridized carbons (Fsp3) is 0.182. The molecule has 1 aromatic heterocycles. The number of ether oxygens (including phenoxy) is 1. The van der Waals surface area contributed by atoms with E-state index in [-0.39, 0.29) is 11.5 Å². The molecule has 134 valence electrons. The van der Waals surface area contributed by atoms with E-state index in [9.17, 15) is 15.2 Å². The number of benzene rings is 2. The zero-order chi connectivity index (χ0) is 19.0. The Morgan fingerprint density at radius 1 is 1.26 bits per heavy atom. The summed E-state index contributed by atoms with van der Waals surface area (Å²) in [6.07, 6.45) is 3.54. The van der Waals surface area contributed by atoms with Gasteiger partial charge in [0.1, 0.15) is 23.0 Å². The van der Waals surface area contributed by atoms with Crippen molar-refractivity contribution in [3.05, 3.63) is 81.2 Å². The van der Waals surface area contributed by atoms with Gasteiger partial charge in [-0.2, -0.15) is 5.26 Å². The molecule has 1 aliphatic carbocycles. The van der Waals surface area contributed by atoms with E-state index >= 15 is 0 Å². The Kier molecular flexibility index (Phi) is 4.27. The lowest BCUT2D eigenvalue weighted by molar-refractivity contribution is 0.130. The average molecular weight is 359 g/mol. The number of nitrogens with zero attached hydrogens (tertiary/aromatic N) is 1. The molecule has 1 aliphatic rings. The number of methoxy groups -OCH3 is 1. The zero-order valence-electron chi connectivity index (χ0n) is 14.7. The second-order valence-electron chi connectivity index (χ2n) is 6.52. The minimum Gasteiger partial charge on any atom is -0.497 e. The van der Waals surface area contributed by atoms with Crippen molar-refractivity contribution in [3.8, 4) is 11.8 Å². The van der Waals surface area contributed by atoms with E-state index in [1.54, 1.807) is 18.2 Å². The van der Waals surface area contributed by atoms with Crippen molar-refractivity contribution in [2.75, 3.05) is 7.11 Å². The van der Waals surface area contributed by atoms with Crippen molar-refractivity contribution in [1.29, 1.82) is 5.26 Å². The summed E-state index contributed by atoms with van der Waals surface area (Å²) in [6, 6.07) is 14.8. The van der Waals surface area contributed by atoms with Crippen LogP contribution in [-0.2, 0) is 6.42 Å². The summed E-state index contributed by atoms with van der Waals surface area (Å²) in [5, 5.41) is 21.0. The first-order valence-corrected chi connectivity index (χ1v) is 8.61. The van der Waals surface area contributed by atoms with Gasteiger partial charge in [-0.05, 0) is 35.2 Å². The van der Waals surface area contributed by atoms with Gasteiger partial charge in [-0.15, -0.1) is 0 Å². The molecule has 0 spiro atoms. The summed E-state index contributed by atoms with van der Waals surface area (Å²) in [4.78, 5) is 12.3. The van der Waals surface area contributed by atoms with Crippen LogP contribution in [0.2, 0.25) is 0 Å². The first-order chi connectivity index (χ1) is 13.1. The highest BCUT2D eigenvalue weighted by atomic mass is 16.5. The molecule has 0 saturated carbocycles. The lowest BCUT2D eigenvalue weighted by Crippen LogP contribution is -2.19. The SMILES string of the molecule is COc1ccc2c(C[C@@H]3C=Cc4ccccc4[C@H]3O)c(C#N)c(=O)oc2c1. The first-order valence-electron chi connectivity index (χ1n) is 8.61. The van der Waals surface area contributed by atoms with Crippen LogP contribution in [0.15, 0.2) is 57.8 Å². The van der Waals surface area contributed by atoms with Crippen LogP contribution in [0.1, 0.15) is 28.4 Å². The molecule has 1 heterocycles. The van der Waals surface area contributed by atoms with E-state index in [4.69, 9.17) is 9.15 Å². The molecule has 1 N–H and O–H groups in total. The predicted octanol–water partition coefficient (Wildman–Crippen LogP) is 3.59. The standard InChI is InChI=1S/C22H17NO4/c1-26-15-8-9-17-18(19(12-23)22(25)27-20(17)11-15)10-14-7-6-13-4-2-3-5-16(13)21(14)24/h2-9,11,14,21,24H,10H2,1H3/t14-,21-/m0/s1. The Morgan fingerprint density at radius 2 is 2.07 bits per heavy atom. The number of fused-ring (bicyclic) bond motifs is 2. The second kappa shape index (κ2) is 6.75. The lowest BCUT2D eigenvalue weighted by Gasteiger charge is -2.26. The van der Waals surface area contributed by atoms with Gasteiger partial charge in [-0.3, -0.25) is 0 Å². The minimum atomic E-state index is -0.710. The van der Waals surface area contributed by atoms with Gasteiger partial charge in [-0.25, -0.2) is 4.79 Å². The van der Waals surface area contributed by atoms with E-state index in [1.807, 2.05) is 42.5 Å². The maximum atomic E-state index is 12.3. The zero-order valence-corrected chi connectivity index (χ0v) is 14.7. The summed E-state index contributed by atoms with van der Waals surface area (Å²) in [5.41, 5.74) is 2.07. The van der Waals surface area contributed by atoms with Gasteiger partial charge in [0.25, 0.3) is 0 Å². The third kappa shape index (κ3) is 2.90. The Bertz CT molecular complexity index is 1150. The molecule has 3 aromatic rings. The van der Waals surface area contributed by atoms with Crippen LogP contribution in [0.25, 0.3) is 17.0 Å². The molecule has 5 nitrogen and oxygen atoms in total. The summed E-state index contributed by atoms with van der Waals surface area (Å²) in [6.45, 7) is 0. The molecule has 0 saturated heterocycles. The molecule has 2 aromatic carbocycles. The van der Waals surface area contributed by atoms with E-state index in [0.717, 1.165) is 11.1 Å². The highest BCUT2D eigenvalue weighted by Gasteiger charge is 2.27. The van der Waals surface area contributed by atoms with Crippen LogP contribution in [0, 0.1) is 17.2 Å². The monoisotopic (exact) mass is 359 g/mol. The van der Waals surface area contributed by atoms with Crippen molar-refractivity contribution < 1.29 is 14.3 Å². The average Bonchev–Trinajstić information content (AvgIpc) is 2.69. The molecule has 2 atom stereocenters. The lowest BCUT2D eigenvalue weighted by atomic mass is 9.82. The highest BCUT2D eigenvalue weighted by Crippen LogP contribution is 2.36. The van der Waals surface area contributed by atoms with E-state index in [1.165, 1.54) is 7.11 Å². The number of rotatable bonds is 3. The number of nitriles is 1. The molecule has 4 rings (SSSR count). The van der Waals surface area contributed by atoms with Gasteiger partial charge >= 0.3 is 5.63 Å². The summed E-state index contributed by atoms with van der Waals surface area (Å²) >= 11 is 0. The molecule has 0 bridgehead atoms. The van der Waals surface area contributed by atoms with Gasteiger partial charge in [0, 0.05) is 17.4 Å². The van der Waals surface area contributed by atoms with Crippen molar-refractivity contribution >= 4 is 17.0 Å². The Morgan fingerprint density at radius 3 is 2.85 bits per heavy atom. The van der Waals surface area contributed by atoms with Gasteiger partial charge in [0.05, 0.1) is 13.2 Å². The molecular weight excluding hydrogens is 342 g/mol. The topological polar surface area (TPSA) is 83.5 Å². The molecule has 0 fully saturated rings. The highest BCUT2D eigenvalue weighted by molar-refractivity contribution is 5.83. The van der Waals surface area contributed by atoms with Crippen molar-refractivity contribution in [3.63, 3.8) is 0 Å². The predicted molar refractivity (Wildman–Crippen MR) is 101 cm³/mol. The van der Waals surface area contributed by atoms with E-state index in [2.05, 4.69) is 0 Å². The maximum Gasteiger partial charge on any atom is 0.354 e. The number of hydrogen-bond donors (Lipinski definition) is 1. The third-order valence-electron chi connectivity index (χ3n) is 5.02. The number of aliphatic hydroxyl groups excluding tert-OH is 1. The quantitative estimate of drug-likeness (QED) is 0.723.